The summed E-state index contributed by atoms with van der Waals surface area (Å²) in [4.78, 5) is 0. The van der Waals surface area contributed by atoms with Crippen molar-refractivity contribution in [1.82, 2.24) is 0 Å². The lowest BCUT2D eigenvalue weighted by molar-refractivity contribution is -0.398. The van der Waals surface area contributed by atoms with Gasteiger partial charge in [-0.1, -0.05) is 0 Å². The lowest BCUT2D eigenvalue weighted by atomic mass is 9.94. The molecular formula is C12H4F14O. The van der Waals surface area contributed by atoms with E-state index in [2.05, 4.69) is 0 Å². The number of halogens is 14. The molecule has 0 saturated heterocycles. The van der Waals surface area contributed by atoms with Crippen molar-refractivity contribution >= 4 is 0 Å². The van der Waals surface area contributed by atoms with E-state index in [1.54, 1.807) is 0 Å². The van der Waals surface area contributed by atoms with Gasteiger partial charge in [0.15, 0.2) is 23.3 Å². The second kappa shape index (κ2) is 6.67. The SMILES string of the molecule is OC(CC(F)(F)C(F)(F)C(F)(F)C(F)(F)F)c1c(F)c(F)c(F)c(F)c1F. The van der Waals surface area contributed by atoms with Crippen molar-refractivity contribution in [1.29, 1.82) is 0 Å². The fourth-order valence-corrected chi connectivity index (χ4v) is 1.80. The Hall–Kier alpha value is -1.80. The molecule has 1 aromatic rings. The van der Waals surface area contributed by atoms with Gasteiger partial charge in [-0.3, -0.25) is 0 Å². The Morgan fingerprint density at radius 1 is 0.593 bits per heavy atom. The van der Waals surface area contributed by atoms with E-state index in [-0.39, 0.29) is 0 Å². The highest BCUT2D eigenvalue weighted by Crippen LogP contribution is 2.55. The summed E-state index contributed by atoms with van der Waals surface area (Å²) >= 11 is 0. The molecule has 0 heterocycles. The second-order valence-corrected chi connectivity index (χ2v) is 5.05. The predicted molar refractivity (Wildman–Crippen MR) is 56.7 cm³/mol. The van der Waals surface area contributed by atoms with Crippen molar-refractivity contribution in [2.24, 2.45) is 0 Å². The molecule has 1 atom stereocenters. The average molecular weight is 430 g/mol. The number of rotatable bonds is 5. The minimum atomic E-state index is -7.36. The van der Waals surface area contributed by atoms with Gasteiger partial charge in [-0.15, -0.1) is 0 Å². The molecule has 0 radical (unpaired) electrons. The molecule has 0 saturated carbocycles. The van der Waals surface area contributed by atoms with E-state index in [1.165, 1.54) is 0 Å². The summed E-state index contributed by atoms with van der Waals surface area (Å²) in [5.41, 5.74) is -2.52. The first kappa shape index (κ1) is 23.2. The molecule has 0 spiro atoms. The van der Waals surface area contributed by atoms with Gasteiger partial charge in [0, 0.05) is 6.42 Å². The maximum absolute atomic E-state index is 13.3. The third kappa shape index (κ3) is 3.52. The zero-order valence-electron chi connectivity index (χ0n) is 12.0. The van der Waals surface area contributed by atoms with E-state index in [0.29, 0.717) is 0 Å². The van der Waals surface area contributed by atoms with Crippen LogP contribution in [0.3, 0.4) is 0 Å². The molecule has 1 rings (SSSR count). The Bertz CT molecular complexity index is 693. The maximum atomic E-state index is 13.3. The third-order valence-electron chi connectivity index (χ3n) is 3.24. The normalized spacial score (nSPS) is 15.2. The van der Waals surface area contributed by atoms with Crippen LogP contribution in [0.15, 0.2) is 0 Å². The minimum Gasteiger partial charge on any atom is -0.388 e. The molecule has 1 nitrogen and oxygen atoms in total. The molecule has 0 aromatic heterocycles. The maximum Gasteiger partial charge on any atom is 0.460 e. The Balaban J connectivity index is 3.40. The zero-order valence-corrected chi connectivity index (χ0v) is 12.0. The van der Waals surface area contributed by atoms with Gasteiger partial charge in [0.2, 0.25) is 5.82 Å². The molecule has 0 aliphatic carbocycles. The summed E-state index contributed by atoms with van der Waals surface area (Å²) in [6.07, 6.45) is -14.2. The summed E-state index contributed by atoms with van der Waals surface area (Å²) in [5.74, 6) is -35.5. The minimum absolute atomic E-state index is 2.52. The molecule has 1 N–H and O–H groups in total. The highest BCUT2D eigenvalue weighted by atomic mass is 19.4. The highest BCUT2D eigenvalue weighted by molar-refractivity contribution is 5.26. The summed E-state index contributed by atoms with van der Waals surface area (Å²) in [7, 11) is 0. The van der Waals surface area contributed by atoms with Gasteiger partial charge in [-0.2, -0.15) is 39.5 Å². The lowest BCUT2D eigenvalue weighted by Crippen LogP contribution is -2.61. The summed E-state index contributed by atoms with van der Waals surface area (Å²) < 4.78 is 179. The Morgan fingerprint density at radius 2 is 0.926 bits per heavy atom. The number of benzene rings is 1. The van der Waals surface area contributed by atoms with Crippen LogP contribution in [0.2, 0.25) is 0 Å². The fourth-order valence-electron chi connectivity index (χ4n) is 1.80. The number of hydrogen-bond donors (Lipinski definition) is 1. The fraction of sp³-hybridized carbons (Fsp3) is 0.500. The Labute approximate surface area is 139 Å². The summed E-state index contributed by atoms with van der Waals surface area (Å²) in [6, 6.07) is 0. The van der Waals surface area contributed by atoms with Crippen molar-refractivity contribution < 1.29 is 66.6 Å². The van der Waals surface area contributed by atoms with Gasteiger partial charge in [0.25, 0.3) is 0 Å². The van der Waals surface area contributed by atoms with E-state index < -0.39 is 71.1 Å². The van der Waals surface area contributed by atoms with E-state index in [0.717, 1.165) is 0 Å². The number of alkyl halides is 9. The average Bonchev–Trinajstić information content (AvgIpc) is 2.49. The van der Waals surface area contributed by atoms with Crippen LogP contribution in [0.5, 0.6) is 0 Å². The third-order valence-corrected chi connectivity index (χ3v) is 3.24. The first-order chi connectivity index (χ1) is 11.8. The van der Waals surface area contributed by atoms with Crippen LogP contribution in [0.4, 0.5) is 61.5 Å². The van der Waals surface area contributed by atoms with Crippen LogP contribution in [-0.4, -0.2) is 29.1 Å². The monoisotopic (exact) mass is 430 g/mol. The van der Waals surface area contributed by atoms with Crippen LogP contribution in [-0.2, 0) is 0 Å². The van der Waals surface area contributed by atoms with Crippen molar-refractivity contribution in [3.8, 4) is 0 Å². The standard InChI is InChI=1S/C12H4F14O/c13-4-3(5(14)7(16)8(17)6(4)15)2(27)1-9(18,19)10(20,21)11(22,23)12(24,25)26/h2,27H,1H2. The molecule has 156 valence electrons. The van der Waals surface area contributed by atoms with Gasteiger partial charge in [0.1, 0.15) is 0 Å². The number of aliphatic hydroxyl groups excluding tert-OH is 1. The Kier molecular flexibility index (Phi) is 5.74. The first-order valence-corrected chi connectivity index (χ1v) is 6.20. The number of hydrogen-bond acceptors (Lipinski definition) is 1. The molecule has 0 aliphatic heterocycles. The predicted octanol–water partition coefficient (Wildman–Crippen LogP) is 5.27. The molecule has 27 heavy (non-hydrogen) atoms. The molecule has 0 aliphatic rings. The molecule has 0 fully saturated rings. The van der Waals surface area contributed by atoms with Gasteiger partial charge in [0.05, 0.1) is 11.7 Å². The quantitative estimate of drug-likeness (QED) is 0.383. The molecule has 15 heteroatoms. The van der Waals surface area contributed by atoms with Gasteiger partial charge < -0.3 is 5.11 Å². The molecule has 1 unspecified atom stereocenters. The van der Waals surface area contributed by atoms with Crippen LogP contribution in [0.25, 0.3) is 0 Å². The van der Waals surface area contributed by atoms with Crippen LogP contribution >= 0.6 is 0 Å². The molecule has 1 aromatic carbocycles. The van der Waals surface area contributed by atoms with Gasteiger partial charge in [-0.25, -0.2) is 22.0 Å². The molecule has 0 bridgehead atoms. The second-order valence-electron chi connectivity index (χ2n) is 5.05. The topological polar surface area (TPSA) is 20.2 Å². The van der Waals surface area contributed by atoms with E-state index in [9.17, 15) is 61.5 Å². The molecular weight excluding hydrogens is 426 g/mol. The van der Waals surface area contributed by atoms with E-state index in [1.807, 2.05) is 0 Å². The van der Waals surface area contributed by atoms with E-state index in [4.69, 9.17) is 5.11 Å². The van der Waals surface area contributed by atoms with E-state index >= 15 is 0 Å². The van der Waals surface area contributed by atoms with Gasteiger partial charge >= 0.3 is 23.9 Å². The highest BCUT2D eigenvalue weighted by Gasteiger charge is 2.81. The van der Waals surface area contributed by atoms with Crippen LogP contribution in [0.1, 0.15) is 18.1 Å². The summed E-state index contributed by atoms with van der Waals surface area (Å²) in [6.45, 7) is 0. The lowest BCUT2D eigenvalue weighted by Gasteiger charge is -2.34. The van der Waals surface area contributed by atoms with Gasteiger partial charge in [-0.05, 0) is 0 Å². The zero-order chi connectivity index (χ0) is 21.7. The van der Waals surface area contributed by atoms with Crippen molar-refractivity contribution in [3.05, 3.63) is 34.6 Å². The van der Waals surface area contributed by atoms with Crippen LogP contribution < -0.4 is 0 Å². The van der Waals surface area contributed by atoms with Crippen molar-refractivity contribution in [2.45, 2.75) is 36.5 Å². The number of aliphatic hydroxyl groups is 1. The summed E-state index contributed by atoms with van der Waals surface area (Å²) in [5, 5.41) is 9.11. The molecule has 0 amide bonds. The Morgan fingerprint density at radius 3 is 1.26 bits per heavy atom. The van der Waals surface area contributed by atoms with Crippen molar-refractivity contribution in [3.63, 3.8) is 0 Å². The smallest absolute Gasteiger partial charge is 0.388 e. The van der Waals surface area contributed by atoms with Crippen molar-refractivity contribution in [2.75, 3.05) is 0 Å². The largest absolute Gasteiger partial charge is 0.460 e. The first-order valence-electron chi connectivity index (χ1n) is 6.20. The van der Waals surface area contributed by atoms with Crippen LogP contribution in [0, 0.1) is 29.1 Å².